The summed E-state index contributed by atoms with van der Waals surface area (Å²) in [5, 5.41) is 11.7. The molecule has 9 heteroatoms. The van der Waals surface area contributed by atoms with Crippen LogP contribution in [0.25, 0.3) is 5.65 Å². The number of pyridine rings is 1. The van der Waals surface area contributed by atoms with Crippen molar-refractivity contribution in [2.45, 2.75) is 12.5 Å². The maximum atomic E-state index is 12.7. The lowest BCUT2D eigenvalue weighted by Crippen LogP contribution is -2.52. The zero-order valence-electron chi connectivity index (χ0n) is 18.7. The molecule has 1 atom stereocenters. The van der Waals surface area contributed by atoms with E-state index in [1.807, 2.05) is 46.7 Å². The Bertz CT molecular complexity index is 1100. The van der Waals surface area contributed by atoms with Crippen LogP contribution in [0, 0.1) is 0 Å². The number of nitrogens with zero attached hydrogens (tertiary/aromatic N) is 6. The van der Waals surface area contributed by atoms with Crippen LogP contribution in [0.15, 0.2) is 48.7 Å². The molecule has 1 aromatic carbocycles. The van der Waals surface area contributed by atoms with E-state index in [2.05, 4.69) is 20.4 Å². The number of carbonyl (C=O) groups excluding carboxylic acids is 2. The van der Waals surface area contributed by atoms with Crippen molar-refractivity contribution in [2.75, 3.05) is 47.3 Å². The number of rotatable bonds is 5. The third-order valence-corrected chi connectivity index (χ3v) is 5.83. The van der Waals surface area contributed by atoms with Gasteiger partial charge in [-0.05, 0) is 31.2 Å². The minimum absolute atomic E-state index is 0.0181. The van der Waals surface area contributed by atoms with Crippen molar-refractivity contribution in [2.24, 2.45) is 0 Å². The predicted molar refractivity (Wildman–Crippen MR) is 121 cm³/mol. The van der Waals surface area contributed by atoms with E-state index in [4.69, 9.17) is 0 Å². The van der Waals surface area contributed by atoms with Gasteiger partial charge in [0.05, 0.1) is 11.6 Å². The first-order valence-corrected chi connectivity index (χ1v) is 10.8. The molecule has 168 valence electrons. The lowest BCUT2D eigenvalue weighted by Gasteiger charge is -2.39. The molecule has 0 bridgehead atoms. The lowest BCUT2D eigenvalue weighted by atomic mass is 10.1. The van der Waals surface area contributed by atoms with Crippen molar-refractivity contribution in [3.05, 3.63) is 65.6 Å². The number of nitrogens with one attached hydrogen (secondary N) is 1. The van der Waals surface area contributed by atoms with Gasteiger partial charge in [0.1, 0.15) is 0 Å². The summed E-state index contributed by atoms with van der Waals surface area (Å²) in [5.74, 6) is 0.585. The second kappa shape index (κ2) is 9.35. The molecular formula is C23H29N7O2. The molecule has 1 aliphatic rings. The highest BCUT2D eigenvalue weighted by atomic mass is 16.2. The van der Waals surface area contributed by atoms with Gasteiger partial charge in [-0.2, -0.15) is 0 Å². The first-order valence-electron chi connectivity index (χ1n) is 10.8. The summed E-state index contributed by atoms with van der Waals surface area (Å²) in [7, 11) is 5.53. The summed E-state index contributed by atoms with van der Waals surface area (Å²) in [5.41, 5.74) is 2.40. The zero-order chi connectivity index (χ0) is 22.7. The summed E-state index contributed by atoms with van der Waals surface area (Å²) in [6.07, 6.45) is 2.55. The Morgan fingerprint density at radius 2 is 1.88 bits per heavy atom. The van der Waals surface area contributed by atoms with E-state index in [-0.39, 0.29) is 18.0 Å². The van der Waals surface area contributed by atoms with Gasteiger partial charge in [-0.25, -0.2) is 4.79 Å². The van der Waals surface area contributed by atoms with E-state index in [0.29, 0.717) is 30.8 Å². The average Bonchev–Trinajstić information content (AvgIpc) is 3.22. The Balaban J connectivity index is 1.50. The molecule has 3 heterocycles. The van der Waals surface area contributed by atoms with Crippen LogP contribution >= 0.6 is 0 Å². The molecule has 2 aromatic heterocycles. The van der Waals surface area contributed by atoms with Crippen LogP contribution in [-0.4, -0.2) is 88.6 Å². The maximum absolute atomic E-state index is 12.7. The molecule has 4 rings (SSSR count). The number of carbonyl (C=O) groups is 2. The second-order valence-corrected chi connectivity index (χ2v) is 8.32. The number of hydrogen-bond donors (Lipinski definition) is 1. The van der Waals surface area contributed by atoms with Crippen LogP contribution in [0.4, 0.5) is 4.79 Å². The Kier molecular flexibility index (Phi) is 6.36. The molecule has 1 saturated heterocycles. The van der Waals surface area contributed by atoms with Crippen molar-refractivity contribution < 1.29 is 9.59 Å². The maximum Gasteiger partial charge on any atom is 0.319 e. The minimum atomic E-state index is -0.135. The number of amides is 3. The largest absolute Gasteiger partial charge is 0.352 e. The van der Waals surface area contributed by atoms with Crippen molar-refractivity contribution in [3.63, 3.8) is 0 Å². The average molecular weight is 436 g/mol. The summed E-state index contributed by atoms with van der Waals surface area (Å²) < 4.78 is 1.86. The third kappa shape index (κ3) is 4.57. The summed E-state index contributed by atoms with van der Waals surface area (Å²) in [6, 6.07) is 13.5. The number of benzene rings is 1. The fourth-order valence-corrected chi connectivity index (χ4v) is 3.95. The highest BCUT2D eigenvalue weighted by Gasteiger charge is 2.32. The van der Waals surface area contributed by atoms with Crippen LogP contribution < -0.4 is 5.32 Å². The van der Waals surface area contributed by atoms with Crippen molar-refractivity contribution in [3.8, 4) is 0 Å². The number of hydrogen-bond acceptors (Lipinski definition) is 5. The van der Waals surface area contributed by atoms with E-state index in [1.165, 1.54) is 5.56 Å². The number of piperazine rings is 1. The highest BCUT2D eigenvalue weighted by molar-refractivity contribution is 5.94. The minimum Gasteiger partial charge on any atom is -0.352 e. The molecule has 0 radical (unpaired) electrons. The number of urea groups is 1. The zero-order valence-corrected chi connectivity index (χ0v) is 18.7. The van der Waals surface area contributed by atoms with Gasteiger partial charge < -0.3 is 15.1 Å². The molecule has 3 amide bonds. The van der Waals surface area contributed by atoms with Gasteiger partial charge in [-0.15, -0.1) is 10.2 Å². The SMILES string of the molecule is CN(C)C(=O)N1CCN(C)C(c2nnc3ccc(C(=O)NCCc4ccccc4)cn23)C1. The van der Waals surface area contributed by atoms with Gasteiger partial charge in [0.2, 0.25) is 0 Å². The highest BCUT2D eigenvalue weighted by Crippen LogP contribution is 2.24. The van der Waals surface area contributed by atoms with Crippen molar-refractivity contribution in [1.82, 2.24) is 34.6 Å². The Labute approximate surface area is 187 Å². The van der Waals surface area contributed by atoms with Gasteiger partial charge in [-0.1, -0.05) is 30.3 Å². The van der Waals surface area contributed by atoms with E-state index < -0.39 is 0 Å². The Morgan fingerprint density at radius 1 is 1.09 bits per heavy atom. The predicted octanol–water partition coefficient (Wildman–Crippen LogP) is 1.67. The third-order valence-electron chi connectivity index (χ3n) is 5.83. The number of aromatic nitrogens is 3. The molecular weight excluding hydrogens is 406 g/mol. The number of likely N-dealkylation sites (N-methyl/N-ethyl adjacent to an activating group) is 1. The van der Waals surface area contributed by atoms with Gasteiger partial charge in [0.25, 0.3) is 5.91 Å². The van der Waals surface area contributed by atoms with E-state index in [0.717, 1.165) is 18.8 Å². The van der Waals surface area contributed by atoms with Gasteiger partial charge >= 0.3 is 6.03 Å². The van der Waals surface area contributed by atoms with Crippen LogP contribution in [0.1, 0.15) is 27.8 Å². The quantitative estimate of drug-likeness (QED) is 0.659. The van der Waals surface area contributed by atoms with E-state index in [1.54, 1.807) is 37.3 Å². The summed E-state index contributed by atoms with van der Waals surface area (Å²) in [6.45, 7) is 2.47. The number of fused-ring (bicyclic) bond motifs is 1. The van der Waals surface area contributed by atoms with Crippen LogP contribution in [-0.2, 0) is 6.42 Å². The standard InChI is InChI=1S/C23H29N7O2/c1-27(2)23(32)29-14-13-28(3)19(16-29)21-26-25-20-10-9-18(15-30(20)21)22(31)24-12-11-17-7-5-4-6-8-17/h4-10,15,19H,11-14,16H2,1-3H3,(H,24,31). The molecule has 1 N–H and O–H groups in total. The molecule has 1 fully saturated rings. The molecule has 32 heavy (non-hydrogen) atoms. The fourth-order valence-electron chi connectivity index (χ4n) is 3.95. The van der Waals surface area contributed by atoms with Gasteiger partial charge in [-0.3, -0.25) is 14.1 Å². The van der Waals surface area contributed by atoms with Crippen LogP contribution in [0.2, 0.25) is 0 Å². The van der Waals surface area contributed by atoms with Gasteiger partial charge in [0.15, 0.2) is 11.5 Å². The smallest absolute Gasteiger partial charge is 0.319 e. The molecule has 1 aliphatic heterocycles. The van der Waals surface area contributed by atoms with Gasteiger partial charge in [0, 0.05) is 46.5 Å². The normalized spacial score (nSPS) is 16.8. The molecule has 3 aromatic rings. The summed E-state index contributed by atoms with van der Waals surface area (Å²) in [4.78, 5) is 30.8. The molecule has 9 nitrogen and oxygen atoms in total. The molecule has 0 spiro atoms. The topological polar surface area (TPSA) is 86.1 Å². The first-order chi connectivity index (χ1) is 15.4. The Hall–Kier alpha value is -3.46. The molecule has 1 unspecified atom stereocenters. The van der Waals surface area contributed by atoms with Crippen LogP contribution in [0.3, 0.4) is 0 Å². The molecule has 0 aliphatic carbocycles. The fraction of sp³-hybridized carbons (Fsp3) is 0.391. The second-order valence-electron chi connectivity index (χ2n) is 8.32. The summed E-state index contributed by atoms with van der Waals surface area (Å²) >= 11 is 0. The van der Waals surface area contributed by atoms with Crippen molar-refractivity contribution >= 4 is 17.6 Å². The van der Waals surface area contributed by atoms with E-state index >= 15 is 0 Å². The van der Waals surface area contributed by atoms with Crippen LogP contribution in [0.5, 0.6) is 0 Å². The van der Waals surface area contributed by atoms with E-state index in [9.17, 15) is 9.59 Å². The lowest BCUT2D eigenvalue weighted by molar-refractivity contribution is 0.0933. The van der Waals surface area contributed by atoms with Crippen molar-refractivity contribution in [1.29, 1.82) is 0 Å². The monoisotopic (exact) mass is 435 g/mol. The first kappa shape index (κ1) is 21.8. The Morgan fingerprint density at radius 3 is 2.62 bits per heavy atom. The molecule has 0 saturated carbocycles.